The highest BCUT2D eigenvalue weighted by Crippen LogP contribution is 2.37. The molecule has 1 aromatic heterocycles. The zero-order chi connectivity index (χ0) is 15.6. The molecule has 0 aliphatic heterocycles. The maximum atomic E-state index is 12.2. The lowest BCUT2D eigenvalue weighted by molar-refractivity contribution is -0.128. The molecular formula is C14H16BrN3O2S. The summed E-state index contributed by atoms with van der Waals surface area (Å²) in [6.45, 7) is 0.296. The number of carbonyl (C=O) groups is 2. The molecule has 0 spiro atoms. The average molecular weight is 370 g/mol. The minimum absolute atomic E-state index is 0.0256. The van der Waals surface area contributed by atoms with Crippen LogP contribution in [-0.2, 0) is 4.79 Å². The fourth-order valence-corrected chi connectivity index (χ4v) is 3.66. The number of halogens is 1. The Morgan fingerprint density at radius 3 is 2.71 bits per heavy atom. The third-order valence-corrected chi connectivity index (χ3v) is 4.86. The van der Waals surface area contributed by atoms with Gasteiger partial charge in [-0.1, -0.05) is 22.0 Å². The van der Waals surface area contributed by atoms with Crippen molar-refractivity contribution in [3.63, 3.8) is 0 Å². The van der Waals surface area contributed by atoms with Gasteiger partial charge in [-0.05, 0) is 12.1 Å². The second kappa shape index (κ2) is 6.44. The highest BCUT2D eigenvalue weighted by Gasteiger charge is 2.17. The van der Waals surface area contributed by atoms with E-state index >= 15 is 0 Å². The van der Waals surface area contributed by atoms with Crippen LogP contribution in [0.5, 0.6) is 0 Å². The van der Waals surface area contributed by atoms with Gasteiger partial charge in [0.15, 0.2) is 0 Å². The second-order valence-electron chi connectivity index (χ2n) is 4.75. The van der Waals surface area contributed by atoms with Crippen LogP contribution in [0.3, 0.4) is 0 Å². The number of rotatable bonds is 4. The van der Waals surface area contributed by atoms with Crippen LogP contribution in [0.25, 0.3) is 10.1 Å². The van der Waals surface area contributed by atoms with Crippen molar-refractivity contribution in [2.75, 3.05) is 26.4 Å². The summed E-state index contributed by atoms with van der Waals surface area (Å²) in [4.78, 5) is 25.6. The van der Waals surface area contributed by atoms with Gasteiger partial charge in [-0.3, -0.25) is 9.59 Å². The Labute approximate surface area is 135 Å². The molecule has 0 saturated carbocycles. The lowest BCUT2D eigenvalue weighted by Gasteiger charge is -2.10. The van der Waals surface area contributed by atoms with Crippen molar-refractivity contribution in [1.29, 1.82) is 0 Å². The number of nitrogen functional groups attached to an aromatic ring is 1. The van der Waals surface area contributed by atoms with Crippen LogP contribution < -0.4 is 11.1 Å². The number of hydrogen-bond donors (Lipinski definition) is 2. The normalized spacial score (nSPS) is 10.6. The number of nitrogens with one attached hydrogen (secondary N) is 1. The van der Waals surface area contributed by atoms with Crippen LogP contribution in [0.4, 0.5) is 5.69 Å². The Hall–Kier alpha value is -1.60. The van der Waals surface area contributed by atoms with Crippen LogP contribution >= 0.6 is 27.3 Å². The van der Waals surface area contributed by atoms with Gasteiger partial charge in [0.1, 0.15) is 4.88 Å². The highest BCUT2D eigenvalue weighted by molar-refractivity contribution is 9.10. The summed E-state index contributed by atoms with van der Waals surface area (Å²) >= 11 is 4.79. The van der Waals surface area contributed by atoms with Crippen LogP contribution in [0, 0.1) is 0 Å². The number of fused-ring (bicyclic) bond motifs is 1. The highest BCUT2D eigenvalue weighted by atomic mass is 79.9. The Morgan fingerprint density at radius 1 is 1.38 bits per heavy atom. The molecule has 0 aliphatic rings. The number of anilines is 1. The van der Waals surface area contributed by atoms with Crippen LogP contribution in [0.2, 0.25) is 0 Å². The fraction of sp³-hybridized carbons (Fsp3) is 0.286. The number of nitrogens with zero attached hydrogens (tertiary/aromatic N) is 1. The molecular weight excluding hydrogens is 354 g/mol. The Balaban J connectivity index is 2.12. The molecule has 1 heterocycles. The quantitative estimate of drug-likeness (QED) is 0.868. The summed E-state index contributed by atoms with van der Waals surface area (Å²) < 4.78 is 1.83. The number of thiophene rings is 1. The number of nitrogens with two attached hydrogens (primary N) is 1. The minimum Gasteiger partial charge on any atom is -0.397 e. The molecule has 5 nitrogen and oxygen atoms in total. The van der Waals surface area contributed by atoms with Gasteiger partial charge in [0.25, 0.3) is 5.91 Å². The first-order valence-corrected chi connectivity index (χ1v) is 7.97. The van der Waals surface area contributed by atoms with Crippen molar-refractivity contribution in [2.24, 2.45) is 0 Å². The maximum absolute atomic E-state index is 12.2. The summed E-state index contributed by atoms with van der Waals surface area (Å²) in [6, 6.07) is 5.72. The molecule has 2 aromatic rings. The molecule has 7 heteroatoms. The predicted octanol–water partition coefficient (Wildman–Crippen LogP) is 2.45. The van der Waals surface area contributed by atoms with Crippen molar-refractivity contribution in [2.45, 2.75) is 6.42 Å². The van der Waals surface area contributed by atoms with Gasteiger partial charge in [0.05, 0.1) is 5.69 Å². The summed E-state index contributed by atoms with van der Waals surface area (Å²) in [6.07, 6.45) is 0.271. The van der Waals surface area contributed by atoms with Gasteiger partial charge in [0.2, 0.25) is 5.91 Å². The summed E-state index contributed by atoms with van der Waals surface area (Å²) in [5, 5.41) is 3.59. The Morgan fingerprint density at radius 2 is 2.10 bits per heavy atom. The summed E-state index contributed by atoms with van der Waals surface area (Å²) in [7, 11) is 3.37. The van der Waals surface area contributed by atoms with Crippen molar-refractivity contribution in [3.8, 4) is 0 Å². The van der Waals surface area contributed by atoms with Gasteiger partial charge >= 0.3 is 0 Å². The molecule has 1 aromatic carbocycles. The number of carbonyl (C=O) groups excluding carboxylic acids is 2. The van der Waals surface area contributed by atoms with E-state index in [1.54, 1.807) is 14.1 Å². The maximum Gasteiger partial charge on any atom is 0.263 e. The largest absolute Gasteiger partial charge is 0.397 e. The fourth-order valence-electron chi connectivity index (χ4n) is 1.88. The van der Waals surface area contributed by atoms with E-state index < -0.39 is 0 Å². The first-order valence-electron chi connectivity index (χ1n) is 6.36. The molecule has 0 aliphatic carbocycles. The Bertz CT molecular complexity index is 697. The van der Waals surface area contributed by atoms with E-state index in [4.69, 9.17) is 5.73 Å². The number of benzene rings is 1. The van der Waals surface area contributed by atoms with Crippen molar-refractivity contribution in [1.82, 2.24) is 10.2 Å². The van der Waals surface area contributed by atoms with Gasteiger partial charge < -0.3 is 16.0 Å². The van der Waals surface area contributed by atoms with Gasteiger partial charge in [-0.15, -0.1) is 11.3 Å². The minimum atomic E-state index is -0.243. The summed E-state index contributed by atoms with van der Waals surface area (Å²) in [5.41, 5.74) is 6.54. The molecule has 0 radical (unpaired) electrons. The molecule has 0 atom stereocenters. The van der Waals surface area contributed by atoms with E-state index in [0.29, 0.717) is 17.1 Å². The predicted molar refractivity (Wildman–Crippen MR) is 89.6 cm³/mol. The monoisotopic (exact) mass is 369 g/mol. The topological polar surface area (TPSA) is 75.4 Å². The van der Waals surface area contributed by atoms with Crippen molar-refractivity contribution in [3.05, 3.63) is 27.5 Å². The zero-order valence-electron chi connectivity index (χ0n) is 11.8. The van der Waals surface area contributed by atoms with Crippen molar-refractivity contribution < 1.29 is 9.59 Å². The van der Waals surface area contributed by atoms with E-state index in [9.17, 15) is 9.59 Å². The molecule has 0 unspecified atom stereocenters. The second-order valence-corrected chi connectivity index (χ2v) is 6.66. The summed E-state index contributed by atoms with van der Waals surface area (Å²) in [5.74, 6) is -0.269. The van der Waals surface area contributed by atoms with Gasteiger partial charge in [0, 0.05) is 41.6 Å². The lowest BCUT2D eigenvalue weighted by atomic mass is 10.2. The van der Waals surface area contributed by atoms with E-state index in [1.807, 2.05) is 18.2 Å². The van der Waals surface area contributed by atoms with Gasteiger partial charge in [-0.25, -0.2) is 0 Å². The first-order chi connectivity index (χ1) is 9.91. The standard InChI is InChI=1S/C14H16BrN3O2S/c1-18(2)10(19)6-7-17-14(20)13-12(16)11-8(15)4-3-5-9(11)21-13/h3-5H,6-7,16H2,1-2H3,(H,17,20). The van der Waals surface area contributed by atoms with E-state index in [1.165, 1.54) is 16.2 Å². The zero-order valence-corrected chi connectivity index (χ0v) is 14.2. The lowest BCUT2D eigenvalue weighted by Crippen LogP contribution is -2.30. The molecule has 2 amide bonds. The van der Waals surface area contributed by atoms with Crippen LogP contribution in [0.1, 0.15) is 16.1 Å². The molecule has 2 rings (SSSR count). The molecule has 0 bridgehead atoms. The SMILES string of the molecule is CN(C)C(=O)CCNC(=O)c1sc2cccc(Br)c2c1N. The van der Waals surface area contributed by atoms with Crippen molar-refractivity contribution >= 4 is 54.9 Å². The smallest absolute Gasteiger partial charge is 0.263 e. The molecule has 21 heavy (non-hydrogen) atoms. The van der Waals surface area contributed by atoms with Crippen LogP contribution in [0.15, 0.2) is 22.7 Å². The van der Waals surface area contributed by atoms with E-state index in [2.05, 4.69) is 21.2 Å². The van der Waals surface area contributed by atoms with Gasteiger partial charge in [-0.2, -0.15) is 0 Å². The Kier molecular flexibility index (Phi) is 4.84. The van der Waals surface area contributed by atoms with Crippen LogP contribution in [-0.4, -0.2) is 37.4 Å². The number of amides is 2. The van der Waals surface area contributed by atoms with E-state index in [-0.39, 0.29) is 18.2 Å². The molecule has 0 fully saturated rings. The van der Waals surface area contributed by atoms with E-state index in [0.717, 1.165) is 14.6 Å². The first kappa shape index (κ1) is 15.8. The average Bonchev–Trinajstić information content (AvgIpc) is 2.77. The third-order valence-electron chi connectivity index (χ3n) is 3.03. The molecule has 0 saturated heterocycles. The number of hydrogen-bond acceptors (Lipinski definition) is 4. The third kappa shape index (κ3) is 3.36. The molecule has 3 N–H and O–H groups in total. The molecule has 112 valence electrons.